The number of rotatable bonds is 8. The fourth-order valence-electron chi connectivity index (χ4n) is 5.13. The van der Waals surface area contributed by atoms with Gasteiger partial charge in [-0.1, -0.05) is 25.1 Å². The van der Waals surface area contributed by atoms with E-state index in [1.807, 2.05) is 42.2 Å². The molecule has 0 radical (unpaired) electrons. The van der Waals surface area contributed by atoms with Crippen LogP contribution in [0.5, 0.6) is 0 Å². The van der Waals surface area contributed by atoms with E-state index in [2.05, 4.69) is 35.9 Å². The molecule has 0 saturated carbocycles. The first-order chi connectivity index (χ1) is 19.8. The normalized spacial score (nSPS) is 14.5. The van der Waals surface area contributed by atoms with Gasteiger partial charge in [0.2, 0.25) is 5.91 Å². The van der Waals surface area contributed by atoms with Crippen molar-refractivity contribution in [2.45, 2.75) is 38.6 Å². The number of likely N-dealkylation sites (tertiary alicyclic amines) is 1. The molecule has 1 aromatic carbocycles. The zero-order valence-corrected chi connectivity index (χ0v) is 23.3. The van der Waals surface area contributed by atoms with Gasteiger partial charge >= 0.3 is 0 Å². The van der Waals surface area contributed by atoms with E-state index in [0.29, 0.717) is 23.3 Å². The molecule has 0 bridgehead atoms. The zero-order chi connectivity index (χ0) is 28.9. The molecule has 10 nitrogen and oxygen atoms in total. The van der Waals surface area contributed by atoms with E-state index in [1.54, 1.807) is 19.2 Å². The molecule has 4 heterocycles. The lowest BCUT2D eigenvalue weighted by Crippen LogP contribution is -2.41. The third kappa shape index (κ3) is 6.24. The number of hydrogen-bond acceptors (Lipinski definition) is 8. The number of carbonyl (C=O) groups excluding carboxylic acids is 2. The molecule has 1 atom stereocenters. The van der Waals surface area contributed by atoms with Crippen molar-refractivity contribution in [3.05, 3.63) is 72.1 Å². The molecule has 2 amide bonds. The van der Waals surface area contributed by atoms with E-state index in [1.165, 1.54) is 13.4 Å². The van der Waals surface area contributed by atoms with Crippen LogP contribution in [-0.4, -0.2) is 69.4 Å². The minimum Gasteiger partial charge on any atom is -0.369 e. The summed E-state index contributed by atoms with van der Waals surface area (Å²) in [5.41, 5.74) is 3.08. The fraction of sp³-hybridized carbons (Fsp3) is 0.333. The quantitative estimate of drug-likeness (QED) is 0.295. The number of hydrogen-bond donors (Lipinski definition) is 3. The SMILES string of the molecule is CNC(=O)c1c(F)cnc2c(C(C)CNc3cc(-c4ccc(NC5CCN(C(C)=O)CC5)nc4)ncn3)cccc12. The lowest BCUT2D eigenvalue weighted by atomic mass is 9.96. The number of benzene rings is 1. The van der Waals surface area contributed by atoms with Gasteiger partial charge in [-0.05, 0) is 30.5 Å². The van der Waals surface area contributed by atoms with Crippen LogP contribution in [0, 0.1) is 5.82 Å². The molecule has 1 aliphatic heterocycles. The van der Waals surface area contributed by atoms with Crippen LogP contribution in [0.4, 0.5) is 16.0 Å². The maximum Gasteiger partial charge on any atom is 0.254 e. The summed E-state index contributed by atoms with van der Waals surface area (Å²) in [6.07, 6.45) is 6.17. The third-order valence-corrected chi connectivity index (χ3v) is 7.48. The summed E-state index contributed by atoms with van der Waals surface area (Å²) in [4.78, 5) is 43.4. The van der Waals surface area contributed by atoms with Crippen LogP contribution in [0.1, 0.15) is 48.5 Å². The predicted octanol–water partition coefficient (Wildman–Crippen LogP) is 4.22. The smallest absolute Gasteiger partial charge is 0.254 e. The number of piperidine rings is 1. The Morgan fingerprint density at radius 1 is 1.05 bits per heavy atom. The van der Waals surface area contributed by atoms with Gasteiger partial charge in [-0.15, -0.1) is 0 Å². The van der Waals surface area contributed by atoms with E-state index in [-0.39, 0.29) is 23.4 Å². The van der Waals surface area contributed by atoms with Crippen molar-refractivity contribution >= 4 is 34.4 Å². The molecule has 41 heavy (non-hydrogen) atoms. The molecular weight excluding hydrogens is 523 g/mol. The van der Waals surface area contributed by atoms with Crippen LogP contribution in [0.2, 0.25) is 0 Å². The Labute approximate surface area is 237 Å². The van der Waals surface area contributed by atoms with Crippen molar-refractivity contribution in [3.63, 3.8) is 0 Å². The highest BCUT2D eigenvalue weighted by atomic mass is 19.1. The van der Waals surface area contributed by atoms with Gasteiger partial charge in [0.05, 0.1) is 23.0 Å². The Bertz CT molecular complexity index is 1550. The van der Waals surface area contributed by atoms with Crippen molar-refractivity contribution in [2.75, 3.05) is 37.3 Å². The monoisotopic (exact) mass is 556 g/mol. The average Bonchev–Trinajstić information content (AvgIpc) is 3.00. The fourth-order valence-corrected chi connectivity index (χ4v) is 5.13. The molecule has 212 valence electrons. The maximum absolute atomic E-state index is 14.4. The van der Waals surface area contributed by atoms with Crippen LogP contribution < -0.4 is 16.0 Å². The van der Waals surface area contributed by atoms with Gasteiger partial charge in [0.1, 0.15) is 18.0 Å². The minimum atomic E-state index is -0.651. The highest BCUT2D eigenvalue weighted by molar-refractivity contribution is 6.06. The molecule has 1 fully saturated rings. The Kier molecular flexibility index (Phi) is 8.32. The van der Waals surface area contributed by atoms with Gasteiger partial charge in [-0.3, -0.25) is 14.6 Å². The second-order valence-electron chi connectivity index (χ2n) is 10.2. The van der Waals surface area contributed by atoms with E-state index in [0.717, 1.165) is 54.8 Å². The number of pyridine rings is 2. The van der Waals surface area contributed by atoms with Crippen molar-refractivity contribution in [1.82, 2.24) is 30.2 Å². The summed E-state index contributed by atoms with van der Waals surface area (Å²) in [6, 6.07) is 11.5. The number of carbonyl (C=O) groups is 2. The summed E-state index contributed by atoms with van der Waals surface area (Å²) in [5.74, 6) is 0.423. The number of nitrogens with one attached hydrogen (secondary N) is 3. The van der Waals surface area contributed by atoms with Crippen molar-refractivity contribution in [3.8, 4) is 11.3 Å². The van der Waals surface area contributed by atoms with Crippen LogP contribution in [0.3, 0.4) is 0 Å². The van der Waals surface area contributed by atoms with E-state index in [9.17, 15) is 14.0 Å². The van der Waals surface area contributed by atoms with Gasteiger partial charge in [-0.25, -0.2) is 19.3 Å². The molecular formula is C30H33FN8O2. The summed E-state index contributed by atoms with van der Waals surface area (Å²) >= 11 is 0. The van der Waals surface area contributed by atoms with E-state index in [4.69, 9.17) is 0 Å². The molecule has 0 spiro atoms. The molecule has 5 rings (SSSR count). The number of aromatic nitrogens is 4. The Morgan fingerprint density at radius 3 is 2.56 bits per heavy atom. The molecule has 1 saturated heterocycles. The number of nitrogens with zero attached hydrogens (tertiary/aromatic N) is 5. The first kappa shape index (κ1) is 27.9. The second kappa shape index (κ2) is 12.2. The Morgan fingerprint density at radius 2 is 1.85 bits per heavy atom. The predicted molar refractivity (Wildman–Crippen MR) is 156 cm³/mol. The largest absolute Gasteiger partial charge is 0.369 e. The molecule has 0 aliphatic carbocycles. The van der Waals surface area contributed by atoms with Crippen LogP contribution in [0.25, 0.3) is 22.2 Å². The lowest BCUT2D eigenvalue weighted by molar-refractivity contribution is -0.129. The topological polar surface area (TPSA) is 125 Å². The second-order valence-corrected chi connectivity index (χ2v) is 10.2. The number of halogens is 1. The highest BCUT2D eigenvalue weighted by Gasteiger charge is 2.21. The highest BCUT2D eigenvalue weighted by Crippen LogP contribution is 2.28. The zero-order valence-electron chi connectivity index (χ0n) is 23.3. The number of para-hydroxylation sites is 1. The lowest BCUT2D eigenvalue weighted by Gasteiger charge is -2.31. The summed E-state index contributed by atoms with van der Waals surface area (Å²) in [5, 5.41) is 9.80. The summed E-state index contributed by atoms with van der Waals surface area (Å²) in [6.45, 7) is 5.70. The van der Waals surface area contributed by atoms with Gasteiger partial charge in [0.25, 0.3) is 5.91 Å². The van der Waals surface area contributed by atoms with Crippen molar-refractivity contribution in [1.29, 1.82) is 0 Å². The summed E-state index contributed by atoms with van der Waals surface area (Å²) in [7, 11) is 1.48. The summed E-state index contributed by atoms with van der Waals surface area (Å²) < 4.78 is 14.4. The van der Waals surface area contributed by atoms with Crippen molar-refractivity contribution in [2.24, 2.45) is 0 Å². The molecule has 11 heteroatoms. The van der Waals surface area contributed by atoms with E-state index >= 15 is 0 Å². The molecule has 3 aromatic heterocycles. The van der Waals surface area contributed by atoms with Crippen molar-refractivity contribution < 1.29 is 14.0 Å². The molecule has 4 aromatic rings. The van der Waals surface area contributed by atoms with Crippen LogP contribution >= 0.6 is 0 Å². The van der Waals surface area contributed by atoms with Gasteiger partial charge in [0, 0.05) is 68.8 Å². The first-order valence-corrected chi connectivity index (χ1v) is 13.7. The molecule has 1 aliphatic rings. The molecule has 3 N–H and O–H groups in total. The Hall–Kier alpha value is -4.67. The van der Waals surface area contributed by atoms with Gasteiger partial charge in [-0.2, -0.15) is 0 Å². The van der Waals surface area contributed by atoms with Crippen LogP contribution in [-0.2, 0) is 4.79 Å². The van der Waals surface area contributed by atoms with Crippen LogP contribution in [0.15, 0.2) is 55.1 Å². The average molecular weight is 557 g/mol. The van der Waals surface area contributed by atoms with Gasteiger partial charge in [0.15, 0.2) is 5.82 Å². The maximum atomic E-state index is 14.4. The molecule has 1 unspecified atom stereocenters. The Balaban J connectivity index is 1.24. The number of fused-ring (bicyclic) bond motifs is 1. The number of anilines is 2. The minimum absolute atomic E-state index is 0.00635. The third-order valence-electron chi connectivity index (χ3n) is 7.48. The van der Waals surface area contributed by atoms with E-state index < -0.39 is 11.7 Å². The first-order valence-electron chi connectivity index (χ1n) is 13.7. The number of amides is 2. The standard InChI is InChI=1S/C30H33FN8O2/c1-18(22-5-4-6-23-28(30(41)32-3)24(31)16-35-29(22)23)14-33-27-13-25(36-17-37-27)20-7-8-26(34-15-20)38-21-9-11-39(12-10-21)19(2)40/h4-8,13,15-18,21H,9-12,14H2,1-3H3,(H,32,41)(H,34,38)(H,33,36,37). The van der Waals surface area contributed by atoms with Gasteiger partial charge < -0.3 is 20.9 Å².